The van der Waals surface area contributed by atoms with Crippen LogP contribution < -0.4 is 4.65 Å². The maximum Gasteiger partial charge on any atom is 0.322 e. The molecule has 3 aromatic carbocycles. The molecule has 1 atom stereocenters. The topological polar surface area (TPSA) is 35.0 Å². The predicted octanol–water partition coefficient (Wildman–Crippen LogP) is 4.89. The van der Waals surface area contributed by atoms with Crippen LogP contribution in [0.1, 0.15) is 22.7 Å². The highest BCUT2D eigenvalue weighted by molar-refractivity contribution is 6.02. The average molecular weight is 374 g/mol. The largest absolute Gasteiger partial charge is 0.568 e. The van der Waals surface area contributed by atoms with Crippen molar-refractivity contribution in [2.24, 2.45) is 0 Å². The number of fused-ring (bicyclic) bond motifs is 3. The fourth-order valence-corrected chi connectivity index (χ4v) is 3.96. The van der Waals surface area contributed by atoms with E-state index in [4.69, 9.17) is 9.64 Å². The maximum atomic E-state index is 5.69. The fraction of sp³-hybridized carbons (Fsp3) is 0.0400. The van der Waals surface area contributed by atoms with Crippen LogP contribution in [-0.4, -0.2) is 18.0 Å². The fourth-order valence-electron chi connectivity index (χ4n) is 3.96. The van der Waals surface area contributed by atoms with E-state index < -0.39 is 0 Å². The van der Waals surface area contributed by atoms with Crippen LogP contribution in [0.5, 0.6) is 5.75 Å². The Balaban J connectivity index is 1.78. The minimum Gasteiger partial charge on any atom is -0.568 e. The predicted molar refractivity (Wildman–Crippen MR) is 120 cm³/mol. The summed E-state index contributed by atoms with van der Waals surface area (Å²) in [5, 5.41) is 2.19. The number of benzene rings is 3. The molecule has 3 nitrogen and oxygen atoms in total. The van der Waals surface area contributed by atoms with Gasteiger partial charge < -0.3 is 4.65 Å². The molecule has 0 fully saturated rings. The lowest BCUT2D eigenvalue weighted by Crippen LogP contribution is -2.08. The molecule has 0 bridgehead atoms. The van der Waals surface area contributed by atoms with Gasteiger partial charge in [0, 0.05) is 22.5 Å². The molecule has 2 heterocycles. The lowest BCUT2D eigenvalue weighted by Gasteiger charge is -2.21. The summed E-state index contributed by atoms with van der Waals surface area (Å²) >= 11 is 0. The van der Waals surface area contributed by atoms with Crippen molar-refractivity contribution in [3.63, 3.8) is 0 Å². The van der Waals surface area contributed by atoms with E-state index in [0.717, 1.165) is 38.8 Å². The first kappa shape index (κ1) is 17.4. The Hall–Kier alpha value is -3.66. The Morgan fingerprint density at radius 1 is 0.690 bits per heavy atom. The third-order valence-electron chi connectivity index (χ3n) is 5.33. The van der Waals surface area contributed by atoms with Crippen LogP contribution in [0.4, 0.5) is 0 Å². The second kappa shape index (κ2) is 7.40. The Kier molecular flexibility index (Phi) is 4.45. The van der Waals surface area contributed by atoms with Gasteiger partial charge in [-0.3, -0.25) is 4.98 Å². The van der Waals surface area contributed by atoms with Crippen molar-refractivity contribution in [2.45, 2.75) is 5.92 Å². The summed E-state index contributed by atoms with van der Waals surface area (Å²) in [7, 11) is 1.71. The van der Waals surface area contributed by atoms with Gasteiger partial charge in [-0.25, -0.2) is 4.98 Å². The van der Waals surface area contributed by atoms with Crippen LogP contribution in [-0.2, 0) is 0 Å². The smallest absolute Gasteiger partial charge is 0.322 e. The number of pyridine rings is 2. The van der Waals surface area contributed by atoms with Crippen molar-refractivity contribution in [1.29, 1.82) is 0 Å². The third kappa shape index (κ3) is 3.13. The zero-order chi connectivity index (χ0) is 19.6. The number of hydrogen-bond acceptors (Lipinski definition) is 3. The monoisotopic (exact) mass is 374 g/mol. The van der Waals surface area contributed by atoms with Gasteiger partial charge in [0.15, 0.2) is 0 Å². The normalized spacial score (nSPS) is 12.1. The molecule has 4 heteroatoms. The molecule has 138 valence electrons. The highest BCUT2D eigenvalue weighted by Gasteiger charge is 2.22. The van der Waals surface area contributed by atoms with E-state index in [0.29, 0.717) is 0 Å². The van der Waals surface area contributed by atoms with Gasteiger partial charge in [-0.05, 0) is 23.8 Å². The van der Waals surface area contributed by atoms with Gasteiger partial charge in [0.2, 0.25) is 0 Å². The van der Waals surface area contributed by atoms with Crippen LogP contribution in [0.15, 0.2) is 97.2 Å². The maximum absolute atomic E-state index is 5.69. The summed E-state index contributed by atoms with van der Waals surface area (Å²) in [6.45, 7) is 0. The molecule has 0 aliphatic heterocycles. The van der Waals surface area contributed by atoms with Gasteiger partial charge in [0.05, 0.1) is 22.6 Å². The van der Waals surface area contributed by atoms with Crippen molar-refractivity contribution in [2.75, 3.05) is 0 Å². The lowest BCUT2D eigenvalue weighted by molar-refractivity contribution is 0.602. The second-order valence-electron chi connectivity index (χ2n) is 7.03. The molecule has 1 unspecified atom stereocenters. The van der Waals surface area contributed by atoms with Gasteiger partial charge in [0.25, 0.3) is 0 Å². The Morgan fingerprint density at radius 3 is 2.24 bits per heavy atom. The van der Waals surface area contributed by atoms with Gasteiger partial charge >= 0.3 is 8.05 Å². The van der Waals surface area contributed by atoms with E-state index in [-0.39, 0.29) is 5.92 Å². The molecule has 0 radical (unpaired) electrons. The van der Waals surface area contributed by atoms with Crippen molar-refractivity contribution in [3.8, 4) is 5.75 Å². The highest BCUT2D eigenvalue weighted by atomic mass is 16.4. The van der Waals surface area contributed by atoms with Crippen LogP contribution in [0.3, 0.4) is 0 Å². The Bertz CT molecular complexity index is 1300. The average Bonchev–Trinajstić information content (AvgIpc) is 2.80. The van der Waals surface area contributed by atoms with E-state index in [9.17, 15) is 0 Å². The van der Waals surface area contributed by atoms with E-state index >= 15 is 0 Å². The molecule has 0 N–H and O–H groups in total. The minimum atomic E-state index is -0.0317. The molecule has 29 heavy (non-hydrogen) atoms. The molecule has 0 saturated heterocycles. The molecular formula is C25H19BN2O. The number of aromatic nitrogens is 2. The number of nitrogens with zero attached hydrogens (tertiary/aromatic N) is 2. The highest BCUT2D eigenvalue weighted by Crippen LogP contribution is 2.37. The summed E-state index contributed by atoms with van der Waals surface area (Å²) in [5.74, 6) is 0.829. The van der Waals surface area contributed by atoms with Crippen LogP contribution >= 0.6 is 0 Å². The lowest BCUT2D eigenvalue weighted by atomic mass is 9.87. The van der Waals surface area contributed by atoms with Crippen LogP contribution in [0.25, 0.3) is 21.8 Å². The van der Waals surface area contributed by atoms with Crippen molar-refractivity contribution in [1.82, 2.24) is 9.97 Å². The summed E-state index contributed by atoms with van der Waals surface area (Å²) < 4.78 is 5.69. The third-order valence-corrected chi connectivity index (χ3v) is 5.33. The van der Waals surface area contributed by atoms with E-state index in [1.54, 1.807) is 8.05 Å². The molecule has 5 rings (SSSR count). The van der Waals surface area contributed by atoms with Gasteiger partial charge in [-0.2, -0.15) is 0 Å². The summed E-state index contributed by atoms with van der Waals surface area (Å²) in [6.07, 6.45) is 1.82. The number of rotatable bonds is 4. The van der Waals surface area contributed by atoms with Gasteiger partial charge in [-0.15, -0.1) is 0 Å². The molecule has 0 spiro atoms. The minimum absolute atomic E-state index is 0.0317. The molecule has 0 aliphatic rings. The van der Waals surface area contributed by atoms with Gasteiger partial charge in [-0.1, -0.05) is 72.8 Å². The zero-order valence-electron chi connectivity index (χ0n) is 16.1. The number of para-hydroxylation sites is 1. The Labute approximate surface area is 170 Å². The molecule has 0 saturated carbocycles. The quantitative estimate of drug-likeness (QED) is 0.332. The first-order valence-electron chi connectivity index (χ1n) is 9.67. The van der Waals surface area contributed by atoms with Crippen molar-refractivity contribution >= 4 is 29.9 Å². The SMILES string of the molecule is BOc1ccccc1C(c1ccccc1)c1ccc2ccc3cccnc3c2n1. The summed E-state index contributed by atoms with van der Waals surface area (Å²) in [6, 6.07) is 31.1. The molecule has 0 amide bonds. The molecular weight excluding hydrogens is 355 g/mol. The molecule has 5 aromatic rings. The second-order valence-corrected chi connectivity index (χ2v) is 7.03. The van der Waals surface area contributed by atoms with E-state index in [1.807, 2.05) is 36.5 Å². The number of hydrogen-bond donors (Lipinski definition) is 0. The molecule has 0 aliphatic carbocycles. The zero-order valence-corrected chi connectivity index (χ0v) is 16.1. The Morgan fingerprint density at radius 2 is 1.41 bits per heavy atom. The van der Waals surface area contributed by atoms with Gasteiger partial charge in [0.1, 0.15) is 5.75 Å². The van der Waals surface area contributed by atoms with E-state index in [1.165, 1.54) is 5.56 Å². The standard InChI is InChI=1S/C25H19BN2O/c26-29-22-11-5-4-10-20(22)23(17-7-2-1-3-8-17)21-15-14-19-13-12-18-9-6-16-27-24(18)25(19)28-21/h1-16,23H,26H2. The molecule has 2 aromatic heterocycles. The van der Waals surface area contributed by atoms with E-state index in [2.05, 4.69) is 65.6 Å². The summed E-state index contributed by atoms with van der Waals surface area (Å²) in [5.41, 5.74) is 5.11. The van der Waals surface area contributed by atoms with Crippen LogP contribution in [0, 0.1) is 0 Å². The van der Waals surface area contributed by atoms with Crippen LogP contribution in [0.2, 0.25) is 0 Å². The van der Waals surface area contributed by atoms with Crippen molar-refractivity contribution in [3.05, 3.63) is 114 Å². The first-order chi connectivity index (χ1) is 14.3. The summed E-state index contributed by atoms with van der Waals surface area (Å²) in [4.78, 5) is 9.72. The van der Waals surface area contributed by atoms with Crippen molar-refractivity contribution < 1.29 is 4.65 Å². The first-order valence-corrected chi connectivity index (χ1v) is 9.67.